The molecule has 0 saturated heterocycles. The van der Waals surface area contributed by atoms with Gasteiger partial charge >= 0.3 is 5.97 Å². The molecule has 0 spiro atoms. The van der Waals surface area contributed by atoms with Crippen LogP contribution in [0.4, 0.5) is 0 Å². The lowest BCUT2D eigenvalue weighted by Gasteiger charge is -2.21. The SMILES string of the molecule is COc1cc(C[C@H](C(=O)O)[C@H](C)C(=O)c2ccc3c(c2)OCO3)cc(OC)c1OC. The molecule has 0 aromatic heterocycles. The third-order valence-electron chi connectivity index (χ3n) is 5.17. The second-order valence-electron chi connectivity index (χ2n) is 6.90. The lowest BCUT2D eigenvalue weighted by molar-refractivity contribution is -0.142. The topological polar surface area (TPSA) is 101 Å². The average molecular weight is 416 g/mol. The molecule has 3 rings (SSSR count). The smallest absolute Gasteiger partial charge is 0.307 e. The minimum absolute atomic E-state index is 0.0986. The summed E-state index contributed by atoms with van der Waals surface area (Å²) >= 11 is 0. The third kappa shape index (κ3) is 4.12. The molecular weight excluding hydrogens is 392 g/mol. The van der Waals surface area contributed by atoms with E-state index in [1.165, 1.54) is 21.3 Å². The lowest BCUT2D eigenvalue weighted by Crippen LogP contribution is -2.29. The number of hydrogen-bond acceptors (Lipinski definition) is 7. The molecule has 0 radical (unpaired) electrons. The van der Waals surface area contributed by atoms with Crippen LogP contribution in [0.15, 0.2) is 30.3 Å². The number of ether oxygens (including phenoxy) is 5. The molecule has 0 amide bonds. The zero-order chi connectivity index (χ0) is 21.8. The Hall–Kier alpha value is -3.42. The van der Waals surface area contributed by atoms with Gasteiger partial charge in [0.1, 0.15) is 0 Å². The van der Waals surface area contributed by atoms with Crippen LogP contribution in [0.2, 0.25) is 0 Å². The van der Waals surface area contributed by atoms with Crippen LogP contribution < -0.4 is 23.7 Å². The number of hydrogen-bond donors (Lipinski definition) is 1. The van der Waals surface area contributed by atoms with Crippen LogP contribution in [0.25, 0.3) is 0 Å². The zero-order valence-corrected chi connectivity index (χ0v) is 17.3. The molecule has 1 heterocycles. The van der Waals surface area contributed by atoms with Crippen LogP contribution in [0.5, 0.6) is 28.7 Å². The van der Waals surface area contributed by atoms with Crippen molar-refractivity contribution in [2.45, 2.75) is 13.3 Å². The number of methoxy groups -OCH3 is 3. The average Bonchev–Trinajstić information content (AvgIpc) is 3.23. The molecule has 0 fully saturated rings. The lowest BCUT2D eigenvalue weighted by atomic mass is 9.83. The summed E-state index contributed by atoms with van der Waals surface area (Å²) in [4.78, 5) is 25.0. The van der Waals surface area contributed by atoms with Crippen LogP contribution >= 0.6 is 0 Å². The fourth-order valence-electron chi connectivity index (χ4n) is 3.48. The number of fused-ring (bicyclic) bond motifs is 1. The molecule has 1 N–H and O–H groups in total. The third-order valence-corrected chi connectivity index (χ3v) is 5.17. The Morgan fingerprint density at radius 2 is 1.63 bits per heavy atom. The number of ketones is 1. The molecule has 0 aliphatic carbocycles. The van der Waals surface area contributed by atoms with E-state index in [4.69, 9.17) is 23.7 Å². The number of carboxylic acid groups (broad SMARTS) is 1. The first-order chi connectivity index (χ1) is 14.4. The maximum Gasteiger partial charge on any atom is 0.307 e. The van der Waals surface area contributed by atoms with Gasteiger partial charge in [0, 0.05) is 11.5 Å². The van der Waals surface area contributed by atoms with Crippen LogP contribution in [0, 0.1) is 11.8 Å². The highest BCUT2D eigenvalue weighted by Gasteiger charge is 2.32. The van der Waals surface area contributed by atoms with E-state index in [2.05, 4.69) is 0 Å². The number of carbonyl (C=O) groups excluding carboxylic acids is 1. The minimum atomic E-state index is -1.06. The summed E-state index contributed by atoms with van der Waals surface area (Å²) < 4.78 is 26.6. The molecule has 2 aromatic carbocycles. The summed E-state index contributed by atoms with van der Waals surface area (Å²) in [7, 11) is 4.47. The fraction of sp³-hybridized carbons (Fsp3) is 0.364. The fourth-order valence-corrected chi connectivity index (χ4v) is 3.48. The highest BCUT2D eigenvalue weighted by atomic mass is 16.7. The Balaban J connectivity index is 1.87. The molecule has 0 bridgehead atoms. The molecule has 0 unspecified atom stereocenters. The summed E-state index contributed by atoms with van der Waals surface area (Å²) in [5, 5.41) is 9.83. The first-order valence-electron chi connectivity index (χ1n) is 9.35. The van der Waals surface area contributed by atoms with Gasteiger partial charge in [-0.1, -0.05) is 6.92 Å². The first kappa shape index (κ1) is 21.3. The van der Waals surface area contributed by atoms with Crippen molar-refractivity contribution in [1.82, 2.24) is 0 Å². The van der Waals surface area contributed by atoms with Gasteiger partial charge in [0.05, 0.1) is 27.2 Å². The van der Waals surface area contributed by atoms with Crippen molar-refractivity contribution in [1.29, 1.82) is 0 Å². The summed E-state index contributed by atoms with van der Waals surface area (Å²) in [5.74, 6) is -0.779. The number of carboxylic acids is 1. The van der Waals surface area contributed by atoms with Crippen molar-refractivity contribution in [2.75, 3.05) is 28.1 Å². The van der Waals surface area contributed by atoms with Crippen LogP contribution in [-0.4, -0.2) is 45.0 Å². The van der Waals surface area contributed by atoms with Crippen LogP contribution in [0.1, 0.15) is 22.8 Å². The second-order valence-corrected chi connectivity index (χ2v) is 6.90. The Kier molecular flexibility index (Phi) is 6.34. The van der Waals surface area contributed by atoms with Crippen molar-refractivity contribution in [3.8, 4) is 28.7 Å². The maximum atomic E-state index is 13.0. The van der Waals surface area contributed by atoms with E-state index in [1.807, 2.05) is 0 Å². The van der Waals surface area contributed by atoms with E-state index in [0.717, 1.165) is 0 Å². The Morgan fingerprint density at radius 3 is 2.20 bits per heavy atom. The molecule has 0 saturated carbocycles. The van der Waals surface area contributed by atoms with E-state index in [0.29, 0.717) is 39.9 Å². The molecule has 8 heteroatoms. The van der Waals surface area contributed by atoms with Crippen LogP contribution in [-0.2, 0) is 11.2 Å². The standard InChI is InChI=1S/C22H24O8/c1-12(20(23)14-5-6-16-17(10-14)30-11-29-16)15(22(24)25)7-13-8-18(26-2)21(28-4)19(9-13)27-3/h5-6,8-10,12,15H,7,11H2,1-4H3,(H,24,25)/t12-,15-/m0/s1. The molecule has 160 valence electrons. The van der Waals surface area contributed by atoms with Gasteiger partial charge in [0.2, 0.25) is 12.5 Å². The molecule has 8 nitrogen and oxygen atoms in total. The van der Waals surface area contributed by atoms with Crippen molar-refractivity contribution < 1.29 is 38.4 Å². The van der Waals surface area contributed by atoms with Gasteiger partial charge in [0.15, 0.2) is 28.8 Å². The summed E-state index contributed by atoms with van der Waals surface area (Å²) in [6.07, 6.45) is 0.115. The molecular formula is C22H24O8. The molecule has 2 aromatic rings. The van der Waals surface area contributed by atoms with Gasteiger partial charge in [-0.25, -0.2) is 0 Å². The maximum absolute atomic E-state index is 13.0. The molecule has 1 aliphatic heterocycles. The summed E-state index contributed by atoms with van der Waals surface area (Å²) in [6, 6.07) is 8.23. The first-order valence-corrected chi connectivity index (χ1v) is 9.35. The van der Waals surface area contributed by atoms with Gasteiger partial charge in [-0.15, -0.1) is 0 Å². The van der Waals surface area contributed by atoms with Crippen molar-refractivity contribution >= 4 is 11.8 Å². The normalized spacial score (nSPS) is 14.0. The largest absolute Gasteiger partial charge is 0.493 e. The zero-order valence-electron chi connectivity index (χ0n) is 17.3. The van der Waals surface area contributed by atoms with Gasteiger partial charge < -0.3 is 28.8 Å². The molecule has 30 heavy (non-hydrogen) atoms. The quantitative estimate of drug-likeness (QED) is 0.622. The second kappa shape index (κ2) is 8.94. The van der Waals surface area contributed by atoms with Gasteiger partial charge in [-0.05, 0) is 42.3 Å². The number of carbonyl (C=O) groups is 2. The van der Waals surface area contributed by atoms with Gasteiger partial charge in [0.25, 0.3) is 0 Å². The summed E-state index contributed by atoms with van der Waals surface area (Å²) in [5.41, 5.74) is 1.03. The highest BCUT2D eigenvalue weighted by Crippen LogP contribution is 2.39. The van der Waals surface area contributed by atoms with Crippen LogP contribution in [0.3, 0.4) is 0 Å². The Labute approximate surface area is 174 Å². The summed E-state index contributed by atoms with van der Waals surface area (Å²) in [6.45, 7) is 1.71. The number of Topliss-reactive ketones (excluding diaryl/α,β-unsaturated/α-hetero) is 1. The van der Waals surface area contributed by atoms with Crippen molar-refractivity contribution in [2.24, 2.45) is 11.8 Å². The monoisotopic (exact) mass is 416 g/mol. The van der Waals surface area contributed by atoms with E-state index in [-0.39, 0.29) is 19.0 Å². The molecule has 1 aliphatic rings. The number of benzene rings is 2. The van der Waals surface area contributed by atoms with E-state index in [1.54, 1.807) is 37.3 Å². The van der Waals surface area contributed by atoms with E-state index < -0.39 is 17.8 Å². The minimum Gasteiger partial charge on any atom is -0.493 e. The Bertz CT molecular complexity index is 927. The van der Waals surface area contributed by atoms with Gasteiger partial charge in [-0.2, -0.15) is 0 Å². The predicted molar refractivity (Wildman–Crippen MR) is 107 cm³/mol. The highest BCUT2D eigenvalue weighted by molar-refractivity contribution is 6.00. The molecule has 2 atom stereocenters. The number of aliphatic carboxylic acids is 1. The van der Waals surface area contributed by atoms with Crippen molar-refractivity contribution in [3.05, 3.63) is 41.5 Å². The predicted octanol–water partition coefficient (Wildman–Crippen LogP) is 3.20. The number of rotatable bonds is 9. The Morgan fingerprint density at radius 1 is 1.00 bits per heavy atom. The van der Waals surface area contributed by atoms with Gasteiger partial charge in [-0.3, -0.25) is 9.59 Å². The van der Waals surface area contributed by atoms with Crippen molar-refractivity contribution in [3.63, 3.8) is 0 Å². The van der Waals surface area contributed by atoms with E-state index >= 15 is 0 Å². The van der Waals surface area contributed by atoms with E-state index in [9.17, 15) is 14.7 Å².